The Balaban J connectivity index is 1.47. The molecule has 5 heteroatoms. The summed E-state index contributed by atoms with van der Waals surface area (Å²) in [5.41, 5.74) is 4.45. The summed E-state index contributed by atoms with van der Waals surface area (Å²) in [5, 5.41) is 5.60. The zero-order chi connectivity index (χ0) is 20.9. The SMILES string of the molecule is COc1ccc(Br)c2c1-c1nc(N=Cc3c4ccccc4cc4ccccc34)sc1C2. The Morgan fingerprint density at radius 3 is 2.42 bits per heavy atom. The van der Waals surface area contributed by atoms with Gasteiger partial charge in [-0.3, -0.25) is 0 Å². The van der Waals surface area contributed by atoms with E-state index in [0.717, 1.165) is 38.6 Å². The van der Waals surface area contributed by atoms with Crippen molar-refractivity contribution in [1.29, 1.82) is 0 Å². The fourth-order valence-corrected chi connectivity index (χ4v) is 5.78. The van der Waals surface area contributed by atoms with Gasteiger partial charge in [0, 0.05) is 33.1 Å². The number of rotatable bonds is 3. The van der Waals surface area contributed by atoms with E-state index in [1.165, 1.54) is 32.0 Å². The number of hydrogen-bond acceptors (Lipinski definition) is 4. The van der Waals surface area contributed by atoms with Crippen LogP contribution in [0.2, 0.25) is 0 Å². The van der Waals surface area contributed by atoms with Gasteiger partial charge in [0.2, 0.25) is 5.13 Å². The van der Waals surface area contributed by atoms with Crippen molar-refractivity contribution < 1.29 is 4.74 Å². The summed E-state index contributed by atoms with van der Waals surface area (Å²) in [6.45, 7) is 0. The van der Waals surface area contributed by atoms with Crippen LogP contribution in [0.3, 0.4) is 0 Å². The molecule has 0 atom stereocenters. The van der Waals surface area contributed by atoms with E-state index in [0.29, 0.717) is 0 Å². The Kier molecular flexibility index (Phi) is 4.40. The standard InChI is InChI=1S/C26H17BrN2OS/c1-30-22-11-10-21(27)19-13-23-25(24(19)22)29-26(31-23)28-14-20-17-8-4-2-6-15(17)12-16-7-3-5-9-18(16)20/h2-12,14H,13H2,1H3. The Hall–Kier alpha value is -3.02. The zero-order valence-corrected chi connectivity index (χ0v) is 19.1. The molecule has 1 aromatic heterocycles. The predicted molar refractivity (Wildman–Crippen MR) is 133 cm³/mol. The second-order valence-electron chi connectivity index (χ2n) is 7.54. The summed E-state index contributed by atoms with van der Waals surface area (Å²) in [4.78, 5) is 10.9. The van der Waals surface area contributed by atoms with E-state index in [-0.39, 0.29) is 0 Å². The van der Waals surface area contributed by atoms with Crippen molar-refractivity contribution in [3.05, 3.63) is 87.2 Å². The first-order valence-corrected chi connectivity index (χ1v) is 11.6. The molecule has 0 N–H and O–H groups in total. The van der Waals surface area contributed by atoms with Gasteiger partial charge in [0.05, 0.1) is 12.8 Å². The molecule has 0 radical (unpaired) electrons. The quantitative estimate of drug-likeness (QED) is 0.192. The smallest absolute Gasteiger partial charge is 0.209 e. The molecule has 1 aliphatic carbocycles. The molecule has 5 aromatic rings. The van der Waals surface area contributed by atoms with Crippen LogP contribution in [0.25, 0.3) is 32.8 Å². The van der Waals surface area contributed by atoms with E-state index in [1.54, 1.807) is 18.4 Å². The summed E-state index contributed by atoms with van der Waals surface area (Å²) in [6.07, 6.45) is 2.82. The van der Waals surface area contributed by atoms with Crippen molar-refractivity contribution in [3.63, 3.8) is 0 Å². The minimum atomic E-state index is 0.773. The van der Waals surface area contributed by atoms with Crippen molar-refractivity contribution in [3.8, 4) is 17.0 Å². The molecule has 0 saturated heterocycles. The fraction of sp³-hybridized carbons (Fsp3) is 0.0769. The van der Waals surface area contributed by atoms with Crippen molar-refractivity contribution in [2.24, 2.45) is 4.99 Å². The largest absolute Gasteiger partial charge is 0.496 e. The highest BCUT2D eigenvalue weighted by molar-refractivity contribution is 9.10. The van der Waals surface area contributed by atoms with E-state index in [2.05, 4.69) is 70.5 Å². The lowest BCUT2D eigenvalue weighted by Gasteiger charge is -2.08. The second-order valence-corrected chi connectivity index (χ2v) is 9.46. The van der Waals surface area contributed by atoms with Gasteiger partial charge in [0.1, 0.15) is 5.75 Å². The van der Waals surface area contributed by atoms with Crippen LogP contribution in [-0.4, -0.2) is 18.3 Å². The number of aromatic nitrogens is 1. The summed E-state index contributed by atoms with van der Waals surface area (Å²) in [7, 11) is 1.71. The predicted octanol–water partition coefficient (Wildman–Crippen LogP) is 7.54. The van der Waals surface area contributed by atoms with Crippen LogP contribution in [0.1, 0.15) is 16.0 Å². The molecular formula is C26H17BrN2OS. The van der Waals surface area contributed by atoms with Gasteiger partial charge in [0.15, 0.2) is 0 Å². The maximum atomic E-state index is 5.61. The second kappa shape index (κ2) is 7.29. The Labute approximate surface area is 192 Å². The van der Waals surface area contributed by atoms with Crippen LogP contribution in [0.4, 0.5) is 5.13 Å². The van der Waals surface area contributed by atoms with Gasteiger partial charge in [-0.15, -0.1) is 0 Å². The molecule has 0 unspecified atom stereocenters. The normalized spacial score (nSPS) is 12.6. The van der Waals surface area contributed by atoms with E-state index in [9.17, 15) is 0 Å². The molecule has 0 spiro atoms. The summed E-state index contributed by atoms with van der Waals surface area (Å²) >= 11 is 5.32. The number of aliphatic imine (C=N–C) groups is 1. The molecule has 0 fully saturated rings. The molecule has 6 rings (SSSR count). The van der Waals surface area contributed by atoms with Crippen LogP contribution in [0.15, 0.2) is 76.2 Å². The van der Waals surface area contributed by atoms with Gasteiger partial charge in [-0.25, -0.2) is 9.98 Å². The number of nitrogens with zero attached hydrogens (tertiary/aromatic N) is 2. The third-order valence-electron chi connectivity index (χ3n) is 5.81. The molecule has 3 nitrogen and oxygen atoms in total. The molecular weight excluding hydrogens is 468 g/mol. The molecule has 0 aliphatic heterocycles. The summed E-state index contributed by atoms with van der Waals surface area (Å²) < 4.78 is 6.71. The Bertz CT molecular complexity index is 1470. The van der Waals surface area contributed by atoms with Gasteiger partial charge in [-0.1, -0.05) is 75.8 Å². The van der Waals surface area contributed by atoms with Crippen molar-refractivity contribution in [2.45, 2.75) is 6.42 Å². The highest BCUT2D eigenvalue weighted by atomic mass is 79.9. The van der Waals surface area contributed by atoms with Gasteiger partial charge in [0.25, 0.3) is 0 Å². The molecule has 0 amide bonds. The highest BCUT2D eigenvalue weighted by Gasteiger charge is 2.28. The number of methoxy groups -OCH3 is 1. The van der Waals surface area contributed by atoms with E-state index < -0.39 is 0 Å². The third kappa shape index (κ3) is 2.99. The number of hydrogen-bond donors (Lipinski definition) is 0. The van der Waals surface area contributed by atoms with Crippen molar-refractivity contribution in [1.82, 2.24) is 4.98 Å². The number of benzene rings is 4. The number of halogens is 1. The molecule has 31 heavy (non-hydrogen) atoms. The minimum absolute atomic E-state index is 0.773. The molecule has 1 heterocycles. The topological polar surface area (TPSA) is 34.5 Å². The van der Waals surface area contributed by atoms with Crippen LogP contribution < -0.4 is 4.74 Å². The maximum Gasteiger partial charge on any atom is 0.209 e. The highest BCUT2D eigenvalue weighted by Crippen LogP contribution is 2.48. The first-order chi connectivity index (χ1) is 15.2. The molecule has 1 aliphatic rings. The van der Waals surface area contributed by atoms with E-state index >= 15 is 0 Å². The fourth-order valence-electron chi connectivity index (χ4n) is 4.38. The molecule has 0 bridgehead atoms. The minimum Gasteiger partial charge on any atom is -0.496 e. The first-order valence-electron chi connectivity index (χ1n) is 10.0. The van der Waals surface area contributed by atoms with E-state index in [4.69, 9.17) is 14.7 Å². The average molecular weight is 485 g/mol. The lowest BCUT2D eigenvalue weighted by molar-refractivity contribution is 0.416. The first kappa shape index (κ1) is 18.7. The molecule has 150 valence electrons. The number of ether oxygens (including phenoxy) is 1. The summed E-state index contributed by atoms with van der Waals surface area (Å²) in [5.74, 6) is 0.859. The lowest BCUT2D eigenvalue weighted by Crippen LogP contribution is -1.90. The van der Waals surface area contributed by atoms with Crippen molar-refractivity contribution >= 4 is 60.2 Å². The lowest BCUT2D eigenvalue weighted by atomic mass is 9.97. The zero-order valence-electron chi connectivity index (χ0n) is 16.7. The van der Waals surface area contributed by atoms with Gasteiger partial charge >= 0.3 is 0 Å². The van der Waals surface area contributed by atoms with Crippen LogP contribution >= 0.6 is 27.3 Å². The molecule has 0 saturated carbocycles. The number of fused-ring (bicyclic) bond motifs is 5. The monoisotopic (exact) mass is 484 g/mol. The Morgan fingerprint density at radius 2 is 1.71 bits per heavy atom. The van der Waals surface area contributed by atoms with Crippen LogP contribution in [0, 0.1) is 0 Å². The van der Waals surface area contributed by atoms with Gasteiger partial charge in [-0.05, 0) is 45.3 Å². The van der Waals surface area contributed by atoms with Crippen LogP contribution in [0.5, 0.6) is 5.75 Å². The van der Waals surface area contributed by atoms with Crippen molar-refractivity contribution in [2.75, 3.05) is 7.11 Å². The molecule has 4 aromatic carbocycles. The van der Waals surface area contributed by atoms with E-state index in [1.807, 2.05) is 18.3 Å². The maximum absolute atomic E-state index is 5.61. The van der Waals surface area contributed by atoms with Gasteiger partial charge < -0.3 is 4.74 Å². The number of thiazole rings is 1. The summed E-state index contributed by atoms with van der Waals surface area (Å²) in [6, 6.07) is 23.2. The Morgan fingerprint density at radius 1 is 1.00 bits per heavy atom. The third-order valence-corrected chi connectivity index (χ3v) is 7.52. The van der Waals surface area contributed by atoms with Gasteiger partial charge in [-0.2, -0.15) is 0 Å². The van der Waals surface area contributed by atoms with Crippen LogP contribution in [-0.2, 0) is 6.42 Å². The average Bonchev–Trinajstić information content (AvgIpc) is 3.35.